The number of halogens is 1. The highest BCUT2D eigenvalue weighted by Gasteiger charge is 2.27. The molecule has 1 saturated heterocycles. The smallest absolute Gasteiger partial charge is 0.257 e. The van der Waals surface area contributed by atoms with E-state index >= 15 is 0 Å². The summed E-state index contributed by atoms with van der Waals surface area (Å²) >= 11 is 0. The molecule has 1 aliphatic heterocycles. The van der Waals surface area contributed by atoms with Crippen LogP contribution in [0.5, 0.6) is 0 Å². The lowest BCUT2D eigenvalue weighted by Crippen LogP contribution is -2.42. The number of anilines is 2. The fourth-order valence-electron chi connectivity index (χ4n) is 3.73. The van der Waals surface area contributed by atoms with Crippen molar-refractivity contribution in [2.24, 2.45) is 0 Å². The standard InChI is InChI=1S/C22H23FN4O/c1-14-9-10-18-20(26-17-8-5-7-16(23)12-17)19(13-24-21(18)25-14)22(28)27-11-4-3-6-15(27)2/h5,7-10,12-13,15H,3-4,6,11H2,1-2H3,(H,24,25,26)/t15-/m1/s1. The van der Waals surface area contributed by atoms with E-state index in [0.717, 1.165) is 36.9 Å². The molecule has 1 aliphatic rings. The maximum absolute atomic E-state index is 13.7. The Hall–Kier alpha value is -3.02. The van der Waals surface area contributed by atoms with Gasteiger partial charge in [-0.25, -0.2) is 14.4 Å². The van der Waals surface area contributed by atoms with E-state index in [9.17, 15) is 9.18 Å². The molecule has 1 amide bonds. The van der Waals surface area contributed by atoms with Crippen LogP contribution in [0.25, 0.3) is 11.0 Å². The number of fused-ring (bicyclic) bond motifs is 1. The molecule has 0 spiro atoms. The van der Waals surface area contributed by atoms with Crippen molar-refractivity contribution < 1.29 is 9.18 Å². The molecule has 0 unspecified atom stereocenters. The summed E-state index contributed by atoms with van der Waals surface area (Å²) in [6.07, 6.45) is 4.73. The van der Waals surface area contributed by atoms with Crippen LogP contribution in [0, 0.1) is 12.7 Å². The largest absolute Gasteiger partial charge is 0.354 e. The highest BCUT2D eigenvalue weighted by atomic mass is 19.1. The summed E-state index contributed by atoms with van der Waals surface area (Å²) in [6, 6.07) is 10.2. The van der Waals surface area contributed by atoms with Gasteiger partial charge >= 0.3 is 0 Å². The summed E-state index contributed by atoms with van der Waals surface area (Å²) in [7, 11) is 0. The third-order valence-electron chi connectivity index (χ3n) is 5.26. The second-order valence-electron chi connectivity index (χ2n) is 7.35. The summed E-state index contributed by atoms with van der Waals surface area (Å²) in [4.78, 5) is 24.2. The van der Waals surface area contributed by atoms with Crippen molar-refractivity contribution in [3.05, 3.63) is 59.7 Å². The Labute approximate surface area is 163 Å². The molecule has 0 bridgehead atoms. The number of benzene rings is 1. The molecule has 2 aromatic heterocycles. The third kappa shape index (κ3) is 3.54. The number of likely N-dealkylation sites (tertiary alicyclic amines) is 1. The molecular weight excluding hydrogens is 355 g/mol. The normalized spacial score (nSPS) is 17.0. The Morgan fingerprint density at radius 2 is 2.11 bits per heavy atom. The van der Waals surface area contributed by atoms with E-state index in [1.807, 2.05) is 24.0 Å². The highest BCUT2D eigenvalue weighted by Crippen LogP contribution is 2.31. The van der Waals surface area contributed by atoms with Gasteiger partial charge in [0.05, 0.1) is 11.3 Å². The average Bonchev–Trinajstić information content (AvgIpc) is 2.68. The highest BCUT2D eigenvalue weighted by molar-refractivity contribution is 6.07. The molecule has 6 heteroatoms. The topological polar surface area (TPSA) is 58.1 Å². The van der Waals surface area contributed by atoms with Gasteiger partial charge in [0.25, 0.3) is 5.91 Å². The number of rotatable bonds is 3. The number of carbonyl (C=O) groups is 1. The number of piperidine rings is 1. The number of nitrogens with one attached hydrogen (secondary N) is 1. The quantitative estimate of drug-likeness (QED) is 0.709. The monoisotopic (exact) mass is 378 g/mol. The first-order chi connectivity index (χ1) is 13.5. The van der Waals surface area contributed by atoms with E-state index in [4.69, 9.17) is 0 Å². The summed E-state index contributed by atoms with van der Waals surface area (Å²) < 4.78 is 13.7. The van der Waals surface area contributed by atoms with Gasteiger partial charge in [0.1, 0.15) is 5.82 Å². The third-order valence-corrected chi connectivity index (χ3v) is 5.26. The van der Waals surface area contributed by atoms with Crippen LogP contribution in [0.1, 0.15) is 42.2 Å². The average molecular weight is 378 g/mol. The van der Waals surface area contributed by atoms with Crippen molar-refractivity contribution in [1.29, 1.82) is 0 Å². The number of aryl methyl sites for hydroxylation is 1. The molecule has 3 heterocycles. The van der Waals surface area contributed by atoms with Crippen LogP contribution in [-0.4, -0.2) is 33.4 Å². The molecule has 1 aromatic carbocycles. The second-order valence-corrected chi connectivity index (χ2v) is 7.35. The molecule has 28 heavy (non-hydrogen) atoms. The maximum atomic E-state index is 13.7. The van der Waals surface area contributed by atoms with Gasteiger partial charge in [-0.3, -0.25) is 4.79 Å². The van der Waals surface area contributed by atoms with Crippen LogP contribution in [-0.2, 0) is 0 Å². The van der Waals surface area contributed by atoms with E-state index in [1.165, 1.54) is 12.1 Å². The number of amides is 1. The minimum absolute atomic E-state index is 0.0546. The molecule has 0 radical (unpaired) electrons. The van der Waals surface area contributed by atoms with Crippen LogP contribution in [0.3, 0.4) is 0 Å². The fraction of sp³-hybridized carbons (Fsp3) is 0.318. The summed E-state index contributed by atoms with van der Waals surface area (Å²) in [5.41, 5.74) is 3.08. The van der Waals surface area contributed by atoms with Crippen LogP contribution in [0.15, 0.2) is 42.6 Å². The summed E-state index contributed by atoms with van der Waals surface area (Å²) in [5.74, 6) is -0.393. The van der Waals surface area contributed by atoms with Crippen molar-refractivity contribution in [2.45, 2.75) is 39.2 Å². The Morgan fingerprint density at radius 1 is 1.25 bits per heavy atom. The van der Waals surface area contributed by atoms with Gasteiger partial charge in [0, 0.05) is 35.6 Å². The van der Waals surface area contributed by atoms with Crippen molar-refractivity contribution in [3.8, 4) is 0 Å². The lowest BCUT2D eigenvalue weighted by molar-refractivity contribution is 0.0636. The SMILES string of the molecule is Cc1ccc2c(Nc3cccc(F)c3)c(C(=O)N3CCCC[C@H]3C)cnc2n1. The van der Waals surface area contributed by atoms with Crippen LogP contribution in [0.2, 0.25) is 0 Å². The van der Waals surface area contributed by atoms with Gasteiger partial charge in [0.2, 0.25) is 0 Å². The van der Waals surface area contributed by atoms with Gasteiger partial charge in [-0.05, 0) is 63.4 Å². The van der Waals surface area contributed by atoms with E-state index in [2.05, 4.69) is 22.2 Å². The van der Waals surface area contributed by atoms with Crippen molar-refractivity contribution >= 4 is 28.3 Å². The first-order valence-corrected chi connectivity index (χ1v) is 9.63. The molecular formula is C22H23FN4O. The molecule has 0 saturated carbocycles. The van der Waals surface area contributed by atoms with Crippen molar-refractivity contribution in [1.82, 2.24) is 14.9 Å². The van der Waals surface area contributed by atoms with Gasteiger partial charge in [-0.2, -0.15) is 0 Å². The van der Waals surface area contributed by atoms with Crippen LogP contribution < -0.4 is 5.32 Å². The Kier molecular flexibility index (Phi) is 4.94. The number of hydrogen-bond acceptors (Lipinski definition) is 4. The fourth-order valence-corrected chi connectivity index (χ4v) is 3.73. The van der Waals surface area contributed by atoms with E-state index in [1.54, 1.807) is 18.3 Å². The lowest BCUT2D eigenvalue weighted by atomic mass is 10.0. The van der Waals surface area contributed by atoms with Crippen LogP contribution >= 0.6 is 0 Å². The molecule has 144 valence electrons. The van der Waals surface area contributed by atoms with Gasteiger partial charge in [0.15, 0.2) is 5.65 Å². The molecule has 1 fully saturated rings. The van der Waals surface area contributed by atoms with Crippen molar-refractivity contribution in [2.75, 3.05) is 11.9 Å². The number of aromatic nitrogens is 2. The summed E-state index contributed by atoms with van der Waals surface area (Å²) in [6.45, 7) is 4.72. The Balaban J connectivity index is 1.83. The minimum atomic E-state index is -0.338. The van der Waals surface area contributed by atoms with Crippen molar-refractivity contribution in [3.63, 3.8) is 0 Å². The predicted molar refractivity (Wildman–Crippen MR) is 108 cm³/mol. The Bertz CT molecular complexity index is 1040. The maximum Gasteiger partial charge on any atom is 0.257 e. The molecule has 5 nitrogen and oxygen atoms in total. The van der Waals surface area contributed by atoms with E-state index < -0.39 is 0 Å². The molecule has 1 N–H and O–H groups in total. The van der Waals surface area contributed by atoms with Gasteiger partial charge < -0.3 is 10.2 Å². The van der Waals surface area contributed by atoms with Gasteiger partial charge in [-0.1, -0.05) is 6.07 Å². The van der Waals surface area contributed by atoms with Crippen LogP contribution in [0.4, 0.5) is 15.8 Å². The molecule has 4 rings (SSSR count). The minimum Gasteiger partial charge on any atom is -0.354 e. The molecule has 0 aliphatic carbocycles. The van der Waals surface area contributed by atoms with E-state index in [0.29, 0.717) is 22.6 Å². The zero-order valence-corrected chi connectivity index (χ0v) is 16.1. The second kappa shape index (κ2) is 7.54. The number of nitrogens with zero attached hydrogens (tertiary/aromatic N) is 3. The predicted octanol–water partition coefficient (Wildman–Crippen LogP) is 4.84. The zero-order valence-electron chi connectivity index (χ0n) is 16.1. The van der Waals surface area contributed by atoms with Gasteiger partial charge in [-0.15, -0.1) is 0 Å². The lowest BCUT2D eigenvalue weighted by Gasteiger charge is -2.34. The zero-order chi connectivity index (χ0) is 19.7. The molecule has 1 atom stereocenters. The number of carbonyl (C=O) groups excluding carboxylic acids is 1. The number of hydrogen-bond donors (Lipinski definition) is 1. The first kappa shape index (κ1) is 18.3. The number of pyridine rings is 2. The first-order valence-electron chi connectivity index (χ1n) is 9.63. The van der Waals surface area contributed by atoms with E-state index in [-0.39, 0.29) is 17.8 Å². The molecule has 3 aromatic rings. The summed E-state index contributed by atoms with van der Waals surface area (Å²) in [5, 5.41) is 3.98. The Morgan fingerprint density at radius 3 is 2.89 bits per heavy atom.